The van der Waals surface area contributed by atoms with Gasteiger partial charge in [0.2, 0.25) is 0 Å². The average molecular weight is 433 g/mol. The normalized spacial score (nSPS) is 11.6. The molecule has 0 saturated carbocycles. The third kappa shape index (κ3) is 3.82. The third-order valence-corrected chi connectivity index (χ3v) is 6.22. The summed E-state index contributed by atoms with van der Waals surface area (Å²) in [5.74, 6) is 0.216. The second kappa shape index (κ2) is 7.43. The molecular formula is C19H14Cl2N4O2S. The van der Waals surface area contributed by atoms with Gasteiger partial charge in [-0.05, 0) is 29.8 Å². The minimum absolute atomic E-state index is 0.102. The number of nitrogens with one attached hydrogen (secondary N) is 1. The molecule has 0 unspecified atom stereocenters. The van der Waals surface area contributed by atoms with Gasteiger partial charge in [-0.25, -0.2) is 8.42 Å². The number of para-hydroxylation sites is 1. The summed E-state index contributed by atoms with van der Waals surface area (Å²) in [5.41, 5.74) is 1.30. The summed E-state index contributed by atoms with van der Waals surface area (Å²) in [5, 5.41) is 5.95. The van der Waals surface area contributed by atoms with E-state index in [1.54, 1.807) is 47.4 Å². The van der Waals surface area contributed by atoms with Crippen LogP contribution in [0.2, 0.25) is 10.0 Å². The highest BCUT2D eigenvalue weighted by atomic mass is 35.5. The minimum atomic E-state index is -3.84. The summed E-state index contributed by atoms with van der Waals surface area (Å²) in [7, 11) is -3.84. The van der Waals surface area contributed by atoms with Crippen molar-refractivity contribution in [2.24, 2.45) is 0 Å². The van der Waals surface area contributed by atoms with Gasteiger partial charge in [-0.3, -0.25) is 14.4 Å². The van der Waals surface area contributed by atoms with E-state index in [1.807, 2.05) is 18.2 Å². The van der Waals surface area contributed by atoms with Crippen molar-refractivity contribution in [2.75, 3.05) is 4.72 Å². The van der Waals surface area contributed by atoms with Gasteiger partial charge in [0.05, 0.1) is 22.1 Å². The lowest BCUT2D eigenvalue weighted by Crippen LogP contribution is -2.14. The fourth-order valence-corrected chi connectivity index (χ4v) is 4.31. The average Bonchev–Trinajstić information content (AvgIpc) is 3.10. The SMILES string of the molecule is O=S(=O)(Nc1ccn(Cc2ccc(Cl)c(Cl)c2)n1)c1cccc2cccnc12. The number of rotatable bonds is 5. The number of hydrogen-bond donors (Lipinski definition) is 1. The molecule has 0 bridgehead atoms. The van der Waals surface area contributed by atoms with Crippen molar-refractivity contribution in [3.8, 4) is 0 Å². The summed E-state index contributed by atoms with van der Waals surface area (Å²) < 4.78 is 29.8. The van der Waals surface area contributed by atoms with Crippen molar-refractivity contribution < 1.29 is 8.42 Å². The molecule has 9 heteroatoms. The fourth-order valence-electron chi connectivity index (χ4n) is 2.81. The van der Waals surface area contributed by atoms with E-state index in [1.165, 1.54) is 6.07 Å². The molecule has 2 aromatic carbocycles. The first-order chi connectivity index (χ1) is 13.4. The molecule has 28 heavy (non-hydrogen) atoms. The molecule has 0 aliphatic carbocycles. The summed E-state index contributed by atoms with van der Waals surface area (Å²) in [4.78, 5) is 4.30. The van der Waals surface area contributed by atoms with E-state index >= 15 is 0 Å². The van der Waals surface area contributed by atoms with Crippen LogP contribution in [0.15, 0.2) is 71.9 Å². The van der Waals surface area contributed by atoms with Crippen LogP contribution in [0.4, 0.5) is 5.82 Å². The van der Waals surface area contributed by atoms with E-state index in [0.29, 0.717) is 22.1 Å². The van der Waals surface area contributed by atoms with Gasteiger partial charge in [0.15, 0.2) is 5.82 Å². The molecule has 0 fully saturated rings. The zero-order valence-corrected chi connectivity index (χ0v) is 16.7. The molecule has 2 aromatic heterocycles. The highest BCUT2D eigenvalue weighted by molar-refractivity contribution is 7.93. The monoisotopic (exact) mass is 432 g/mol. The van der Waals surface area contributed by atoms with Crippen LogP contribution in [0.1, 0.15) is 5.56 Å². The number of halogens is 2. The third-order valence-electron chi connectivity index (χ3n) is 4.09. The molecule has 0 saturated heterocycles. The summed E-state index contributed by atoms with van der Waals surface area (Å²) in [6.07, 6.45) is 3.25. The van der Waals surface area contributed by atoms with E-state index in [4.69, 9.17) is 23.2 Å². The maximum Gasteiger partial charge on any atom is 0.265 e. The second-order valence-electron chi connectivity index (χ2n) is 6.08. The molecule has 0 spiro atoms. The standard InChI is InChI=1S/C19H14Cl2N4O2S/c20-15-7-6-13(11-16(15)21)12-25-10-8-18(23-25)24-28(26,27)17-5-1-3-14-4-2-9-22-19(14)17/h1-11H,12H2,(H,23,24). The van der Waals surface area contributed by atoms with E-state index in [2.05, 4.69) is 14.8 Å². The van der Waals surface area contributed by atoms with Gasteiger partial charge in [0.25, 0.3) is 10.0 Å². The van der Waals surface area contributed by atoms with Crippen LogP contribution in [0.25, 0.3) is 10.9 Å². The maximum absolute atomic E-state index is 12.8. The Bertz CT molecular complexity index is 1270. The lowest BCUT2D eigenvalue weighted by molar-refractivity contribution is 0.601. The molecule has 0 amide bonds. The molecule has 6 nitrogen and oxygen atoms in total. The topological polar surface area (TPSA) is 76.9 Å². The van der Waals surface area contributed by atoms with E-state index in [-0.39, 0.29) is 10.7 Å². The Kier molecular flexibility index (Phi) is 4.97. The number of aromatic nitrogens is 3. The van der Waals surface area contributed by atoms with Crippen LogP contribution in [0.3, 0.4) is 0 Å². The van der Waals surface area contributed by atoms with E-state index in [0.717, 1.165) is 10.9 Å². The smallest absolute Gasteiger partial charge is 0.265 e. The molecule has 1 N–H and O–H groups in total. The summed E-state index contributed by atoms with van der Waals surface area (Å²) >= 11 is 12.0. The first-order valence-electron chi connectivity index (χ1n) is 8.26. The van der Waals surface area contributed by atoms with Gasteiger partial charge in [-0.2, -0.15) is 5.10 Å². The van der Waals surface area contributed by atoms with Gasteiger partial charge in [-0.1, -0.05) is 47.5 Å². The Morgan fingerprint density at radius 1 is 1.00 bits per heavy atom. The lowest BCUT2D eigenvalue weighted by atomic mass is 10.2. The maximum atomic E-state index is 12.8. The highest BCUT2D eigenvalue weighted by Gasteiger charge is 2.19. The lowest BCUT2D eigenvalue weighted by Gasteiger charge is -2.08. The Labute approximate surface area is 171 Å². The van der Waals surface area contributed by atoms with Gasteiger partial charge < -0.3 is 0 Å². The zero-order valence-electron chi connectivity index (χ0n) is 14.4. The van der Waals surface area contributed by atoms with Gasteiger partial charge in [-0.15, -0.1) is 0 Å². The van der Waals surface area contributed by atoms with Crippen molar-refractivity contribution in [2.45, 2.75) is 11.4 Å². The molecule has 0 aliphatic rings. The van der Waals surface area contributed by atoms with Crippen molar-refractivity contribution in [1.29, 1.82) is 0 Å². The molecule has 0 radical (unpaired) electrons. The largest absolute Gasteiger partial charge is 0.266 e. The molecule has 2 heterocycles. The number of benzene rings is 2. The Hall–Kier alpha value is -2.61. The minimum Gasteiger partial charge on any atom is -0.266 e. The van der Waals surface area contributed by atoms with Gasteiger partial charge >= 0.3 is 0 Å². The van der Waals surface area contributed by atoms with Gasteiger partial charge in [0.1, 0.15) is 4.90 Å². The van der Waals surface area contributed by atoms with Crippen molar-refractivity contribution in [3.63, 3.8) is 0 Å². The van der Waals surface area contributed by atoms with Crippen LogP contribution >= 0.6 is 23.2 Å². The van der Waals surface area contributed by atoms with Crippen molar-refractivity contribution >= 4 is 49.9 Å². The molecule has 0 aliphatic heterocycles. The van der Waals surface area contributed by atoms with Crippen LogP contribution in [0.5, 0.6) is 0 Å². The van der Waals surface area contributed by atoms with Crippen LogP contribution in [-0.4, -0.2) is 23.2 Å². The molecule has 142 valence electrons. The number of fused-ring (bicyclic) bond motifs is 1. The van der Waals surface area contributed by atoms with Crippen molar-refractivity contribution in [1.82, 2.24) is 14.8 Å². The summed E-state index contributed by atoms with van der Waals surface area (Å²) in [6, 6.07) is 15.5. The van der Waals surface area contributed by atoms with Crippen LogP contribution < -0.4 is 4.72 Å². The van der Waals surface area contributed by atoms with Crippen LogP contribution in [-0.2, 0) is 16.6 Å². The molecular weight excluding hydrogens is 419 g/mol. The number of sulfonamides is 1. The first-order valence-corrected chi connectivity index (χ1v) is 10.5. The molecule has 4 aromatic rings. The number of nitrogens with zero attached hydrogens (tertiary/aromatic N) is 3. The first kappa shape index (κ1) is 18.7. The zero-order chi connectivity index (χ0) is 19.7. The van der Waals surface area contributed by atoms with Crippen molar-refractivity contribution in [3.05, 3.63) is 82.6 Å². The predicted octanol–water partition coefficient (Wildman–Crippen LogP) is 4.59. The number of anilines is 1. The fraction of sp³-hybridized carbons (Fsp3) is 0.0526. The highest BCUT2D eigenvalue weighted by Crippen LogP contribution is 2.24. The predicted molar refractivity (Wildman–Crippen MR) is 110 cm³/mol. The van der Waals surface area contributed by atoms with Gasteiger partial charge in [0, 0.05) is 23.8 Å². The van der Waals surface area contributed by atoms with Crippen LogP contribution in [0, 0.1) is 0 Å². The Morgan fingerprint density at radius 2 is 1.82 bits per heavy atom. The quantitative estimate of drug-likeness (QED) is 0.500. The number of hydrogen-bond acceptors (Lipinski definition) is 4. The number of pyridine rings is 1. The van der Waals surface area contributed by atoms with E-state index < -0.39 is 10.0 Å². The Balaban J connectivity index is 1.58. The second-order valence-corrected chi connectivity index (χ2v) is 8.55. The van der Waals surface area contributed by atoms with E-state index in [9.17, 15) is 8.42 Å². The Morgan fingerprint density at radius 3 is 2.64 bits per heavy atom. The molecule has 4 rings (SSSR count). The molecule has 0 atom stereocenters. The summed E-state index contributed by atoms with van der Waals surface area (Å²) in [6.45, 7) is 0.425.